The second-order valence-corrected chi connectivity index (χ2v) is 7.41. The summed E-state index contributed by atoms with van der Waals surface area (Å²) in [6, 6.07) is 6.45. The van der Waals surface area contributed by atoms with E-state index >= 15 is 0 Å². The molecule has 3 rings (SSSR count). The SMILES string of the molecule is O=C1c2ccccc2C(=O)N1CCS(=O)(=O)NCCC1OCCO1. The van der Waals surface area contributed by atoms with Crippen molar-refractivity contribution in [2.24, 2.45) is 0 Å². The largest absolute Gasteiger partial charge is 0.350 e. The van der Waals surface area contributed by atoms with Crippen LogP contribution < -0.4 is 4.72 Å². The fourth-order valence-electron chi connectivity index (χ4n) is 2.63. The highest BCUT2D eigenvalue weighted by Gasteiger charge is 2.35. The lowest BCUT2D eigenvalue weighted by atomic mass is 10.1. The number of carbonyl (C=O) groups is 2. The van der Waals surface area contributed by atoms with Gasteiger partial charge in [0.2, 0.25) is 10.0 Å². The summed E-state index contributed by atoms with van der Waals surface area (Å²) in [5, 5.41) is 0. The number of fused-ring (bicyclic) bond motifs is 1. The molecule has 1 saturated heterocycles. The second-order valence-electron chi connectivity index (χ2n) is 5.48. The lowest BCUT2D eigenvalue weighted by molar-refractivity contribution is -0.0451. The molecule has 1 N–H and O–H groups in total. The molecule has 0 radical (unpaired) electrons. The minimum absolute atomic E-state index is 0.176. The van der Waals surface area contributed by atoms with Gasteiger partial charge in [0, 0.05) is 19.5 Å². The van der Waals surface area contributed by atoms with Gasteiger partial charge in [-0.2, -0.15) is 0 Å². The quantitative estimate of drug-likeness (QED) is 0.690. The lowest BCUT2D eigenvalue weighted by Gasteiger charge is -2.14. The maximum absolute atomic E-state index is 12.2. The Balaban J connectivity index is 1.51. The zero-order valence-corrected chi connectivity index (χ0v) is 13.8. The molecule has 1 aromatic carbocycles. The van der Waals surface area contributed by atoms with Crippen LogP contribution in [0.1, 0.15) is 27.1 Å². The summed E-state index contributed by atoms with van der Waals surface area (Å²) >= 11 is 0. The molecule has 8 nitrogen and oxygen atoms in total. The predicted octanol–water partition coefficient (Wildman–Crippen LogP) is -0.0350. The van der Waals surface area contributed by atoms with Crippen molar-refractivity contribution in [3.05, 3.63) is 35.4 Å². The summed E-state index contributed by atoms with van der Waals surface area (Å²) < 4.78 is 36.9. The average molecular weight is 354 g/mol. The number of carbonyl (C=O) groups excluding carboxylic acids is 2. The first-order valence-electron chi connectivity index (χ1n) is 7.64. The molecule has 0 aliphatic carbocycles. The van der Waals surface area contributed by atoms with E-state index in [-0.39, 0.29) is 25.1 Å². The highest BCUT2D eigenvalue weighted by Crippen LogP contribution is 2.22. The van der Waals surface area contributed by atoms with Gasteiger partial charge in [-0.15, -0.1) is 0 Å². The third-order valence-corrected chi connectivity index (χ3v) is 5.22. The number of sulfonamides is 1. The summed E-state index contributed by atoms with van der Waals surface area (Å²) in [6.07, 6.45) is 0.0237. The Hall–Kier alpha value is -1.81. The van der Waals surface area contributed by atoms with Crippen molar-refractivity contribution in [3.63, 3.8) is 0 Å². The van der Waals surface area contributed by atoms with Crippen LogP contribution in [0, 0.1) is 0 Å². The summed E-state index contributed by atoms with van der Waals surface area (Å²) in [5.41, 5.74) is 0.617. The molecule has 0 spiro atoms. The molecule has 2 aliphatic rings. The molecule has 2 heterocycles. The van der Waals surface area contributed by atoms with E-state index < -0.39 is 21.8 Å². The minimum atomic E-state index is -3.60. The van der Waals surface area contributed by atoms with Crippen LogP contribution in [0.2, 0.25) is 0 Å². The molecule has 9 heteroatoms. The number of rotatable bonds is 7. The predicted molar refractivity (Wildman–Crippen MR) is 83.9 cm³/mol. The van der Waals surface area contributed by atoms with E-state index in [4.69, 9.17) is 9.47 Å². The molecule has 1 fully saturated rings. The fraction of sp³-hybridized carbons (Fsp3) is 0.467. The van der Waals surface area contributed by atoms with E-state index in [0.717, 1.165) is 4.90 Å². The van der Waals surface area contributed by atoms with Gasteiger partial charge in [0.15, 0.2) is 6.29 Å². The first-order chi connectivity index (χ1) is 11.5. The molecule has 0 atom stereocenters. The number of imide groups is 1. The van der Waals surface area contributed by atoms with Crippen molar-refractivity contribution in [1.29, 1.82) is 0 Å². The van der Waals surface area contributed by atoms with Gasteiger partial charge in [-0.3, -0.25) is 14.5 Å². The van der Waals surface area contributed by atoms with Crippen LogP contribution in [0.25, 0.3) is 0 Å². The standard InChI is InChI=1S/C15H18N2O6S/c18-14-11-3-1-2-4-12(11)15(19)17(14)7-10-24(20,21)16-6-5-13-22-8-9-23-13/h1-4,13,16H,5-10H2. The summed E-state index contributed by atoms with van der Waals surface area (Å²) in [4.78, 5) is 25.3. The smallest absolute Gasteiger partial charge is 0.261 e. The Labute approximate surface area is 139 Å². The molecule has 130 valence electrons. The maximum Gasteiger partial charge on any atom is 0.261 e. The van der Waals surface area contributed by atoms with E-state index in [9.17, 15) is 18.0 Å². The molecule has 2 amide bonds. The zero-order chi connectivity index (χ0) is 17.2. The van der Waals surface area contributed by atoms with Crippen molar-refractivity contribution in [3.8, 4) is 0 Å². The Bertz CT molecular complexity index is 707. The van der Waals surface area contributed by atoms with E-state index in [2.05, 4.69) is 4.72 Å². The molecular weight excluding hydrogens is 336 g/mol. The molecule has 1 aromatic rings. The van der Waals surface area contributed by atoms with Crippen LogP contribution in [-0.4, -0.2) is 63.5 Å². The van der Waals surface area contributed by atoms with Crippen molar-refractivity contribution < 1.29 is 27.5 Å². The highest BCUT2D eigenvalue weighted by atomic mass is 32.2. The van der Waals surface area contributed by atoms with Gasteiger partial charge in [0.1, 0.15) is 0 Å². The van der Waals surface area contributed by atoms with E-state index in [1.807, 2.05) is 0 Å². The second kappa shape index (κ2) is 6.98. The van der Waals surface area contributed by atoms with Gasteiger partial charge in [-0.1, -0.05) is 12.1 Å². The van der Waals surface area contributed by atoms with E-state index in [0.29, 0.717) is 30.8 Å². The zero-order valence-electron chi connectivity index (χ0n) is 12.9. The fourth-order valence-corrected chi connectivity index (χ4v) is 3.63. The van der Waals surface area contributed by atoms with Crippen LogP contribution in [0.3, 0.4) is 0 Å². The van der Waals surface area contributed by atoms with Gasteiger partial charge < -0.3 is 9.47 Å². The number of nitrogens with one attached hydrogen (secondary N) is 1. The maximum atomic E-state index is 12.2. The highest BCUT2D eigenvalue weighted by molar-refractivity contribution is 7.89. The van der Waals surface area contributed by atoms with Gasteiger partial charge in [-0.05, 0) is 12.1 Å². The number of hydrogen-bond acceptors (Lipinski definition) is 6. The first kappa shape index (κ1) is 17.0. The Morgan fingerprint density at radius 2 is 1.67 bits per heavy atom. The topological polar surface area (TPSA) is 102 Å². The van der Waals surface area contributed by atoms with Crippen LogP contribution >= 0.6 is 0 Å². The molecule has 24 heavy (non-hydrogen) atoms. The monoisotopic (exact) mass is 354 g/mol. The van der Waals surface area contributed by atoms with Gasteiger partial charge in [-0.25, -0.2) is 13.1 Å². The van der Waals surface area contributed by atoms with E-state index in [1.165, 1.54) is 0 Å². The Morgan fingerprint density at radius 1 is 1.08 bits per heavy atom. The number of benzene rings is 1. The van der Waals surface area contributed by atoms with Crippen molar-refractivity contribution in [2.45, 2.75) is 12.7 Å². The molecule has 0 unspecified atom stereocenters. The van der Waals surface area contributed by atoms with E-state index in [1.54, 1.807) is 24.3 Å². The number of ether oxygens (including phenoxy) is 2. The number of amides is 2. The Kier molecular flexibility index (Phi) is 4.95. The van der Waals surface area contributed by atoms with Gasteiger partial charge >= 0.3 is 0 Å². The van der Waals surface area contributed by atoms with Crippen molar-refractivity contribution in [2.75, 3.05) is 32.1 Å². The van der Waals surface area contributed by atoms with Crippen LogP contribution in [0.5, 0.6) is 0 Å². The third-order valence-electron chi connectivity index (χ3n) is 3.85. The molecular formula is C15H18N2O6S. The molecule has 0 saturated carbocycles. The minimum Gasteiger partial charge on any atom is -0.350 e. The van der Waals surface area contributed by atoms with Crippen LogP contribution in [-0.2, 0) is 19.5 Å². The van der Waals surface area contributed by atoms with Gasteiger partial charge in [0.25, 0.3) is 11.8 Å². The number of hydrogen-bond donors (Lipinski definition) is 1. The summed E-state index contributed by atoms with van der Waals surface area (Å²) in [5.74, 6) is -1.26. The van der Waals surface area contributed by atoms with Crippen LogP contribution in [0.4, 0.5) is 0 Å². The Morgan fingerprint density at radius 3 is 2.25 bits per heavy atom. The molecule has 2 aliphatic heterocycles. The summed E-state index contributed by atoms with van der Waals surface area (Å²) in [7, 11) is -3.60. The average Bonchev–Trinajstić information content (AvgIpc) is 3.15. The van der Waals surface area contributed by atoms with Crippen molar-refractivity contribution >= 4 is 21.8 Å². The van der Waals surface area contributed by atoms with Crippen molar-refractivity contribution in [1.82, 2.24) is 9.62 Å². The molecule has 0 aromatic heterocycles. The number of nitrogens with zero attached hydrogens (tertiary/aromatic N) is 1. The molecule has 0 bridgehead atoms. The summed E-state index contributed by atoms with van der Waals surface area (Å²) in [6.45, 7) is 1.02. The van der Waals surface area contributed by atoms with Gasteiger partial charge in [0.05, 0.1) is 30.1 Å². The first-order valence-corrected chi connectivity index (χ1v) is 9.29. The lowest BCUT2D eigenvalue weighted by Crippen LogP contribution is -2.38. The van der Waals surface area contributed by atoms with Crippen LogP contribution in [0.15, 0.2) is 24.3 Å². The normalized spacial score (nSPS) is 18.4. The third kappa shape index (κ3) is 3.64.